The Labute approximate surface area is 150 Å². The number of nitrogens with one attached hydrogen (secondary N) is 1. The Bertz CT molecular complexity index is 735. The summed E-state index contributed by atoms with van der Waals surface area (Å²) in [6, 6.07) is 3.76. The molecule has 1 unspecified atom stereocenters. The number of carbonyl (C=O) groups excluding carboxylic acids is 2. The maximum Gasteiger partial charge on any atom is 0.225 e. The predicted molar refractivity (Wildman–Crippen MR) is 92.5 cm³/mol. The number of aromatic nitrogens is 4. The summed E-state index contributed by atoms with van der Waals surface area (Å²) in [6.45, 7) is 1.52. The minimum atomic E-state index is -0.283. The van der Waals surface area contributed by atoms with Crippen LogP contribution in [0.4, 0.5) is 0 Å². The highest BCUT2D eigenvalue weighted by Gasteiger charge is 2.33. The van der Waals surface area contributed by atoms with Crippen LogP contribution in [0.2, 0.25) is 0 Å². The van der Waals surface area contributed by atoms with Gasteiger partial charge in [0.15, 0.2) is 5.16 Å². The topological polar surface area (TPSA) is 93.0 Å². The van der Waals surface area contributed by atoms with Gasteiger partial charge in [-0.15, -0.1) is 10.2 Å². The molecule has 0 bridgehead atoms. The summed E-state index contributed by atoms with van der Waals surface area (Å²) >= 11 is 1.53. The molecular weight excluding hydrogens is 340 g/mol. The second-order valence-electron chi connectivity index (χ2n) is 5.89. The highest BCUT2D eigenvalue weighted by atomic mass is 32.2. The summed E-state index contributed by atoms with van der Waals surface area (Å²) in [5.74, 6) is 0.378. The standard InChI is InChI=1S/C16H20N6O2S/c1-21-11-19-20-16(21)25-7-6-18-15(24)13-8-14(23)22(10-13)9-12-2-4-17-5-3-12/h2-5,11,13H,6-10H2,1H3,(H,18,24). The Hall–Kier alpha value is -2.42. The van der Waals surface area contributed by atoms with Crippen LogP contribution in [-0.2, 0) is 23.2 Å². The number of aryl methyl sites for hydroxylation is 1. The molecule has 1 fully saturated rings. The van der Waals surface area contributed by atoms with E-state index in [0.717, 1.165) is 10.7 Å². The molecule has 3 rings (SSSR count). The van der Waals surface area contributed by atoms with Gasteiger partial charge in [-0.3, -0.25) is 14.6 Å². The molecule has 0 spiro atoms. The van der Waals surface area contributed by atoms with Crippen molar-refractivity contribution in [2.45, 2.75) is 18.1 Å². The van der Waals surface area contributed by atoms with Gasteiger partial charge in [0.25, 0.3) is 0 Å². The van der Waals surface area contributed by atoms with E-state index in [0.29, 0.717) is 25.4 Å². The maximum absolute atomic E-state index is 12.3. The van der Waals surface area contributed by atoms with E-state index in [1.54, 1.807) is 23.6 Å². The maximum atomic E-state index is 12.3. The van der Waals surface area contributed by atoms with Crippen LogP contribution in [-0.4, -0.2) is 55.3 Å². The van der Waals surface area contributed by atoms with Crippen molar-refractivity contribution in [1.29, 1.82) is 0 Å². The SMILES string of the molecule is Cn1cnnc1SCCNC(=O)C1CC(=O)N(Cc2ccncc2)C1. The second-order valence-corrected chi connectivity index (χ2v) is 6.96. The van der Waals surface area contributed by atoms with Crippen molar-refractivity contribution >= 4 is 23.6 Å². The van der Waals surface area contributed by atoms with Gasteiger partial charge < -0.3 is 14.8 Å². The van der Waals surface area contributed by atoms with E-state index in [1.165, 1.54) is 11.8 Å². The van der Waals surface area contributed by atoms with E-state index >= 15 is 0 Å². The average Bonchev–Trinajstić information content (AvgIpc) is 3.18. The first-order valence-electron chi connectivity index (χ1n) is 8.04. The summed E-state index contributed by atoms with van der Waals surface area (Å²) in [4.78, 5) is 30.1. The Balaban J connectivity index is 1.42. The molecule has 1 saturated heterocycles. The van der Waals surface area contributed by atoms with Gasteiger partial charge >= 0.3 is 0 Å². The van der Waals surface area contributed by atoms with Crippen molar-refractivity contribution in [2.75, 3.05) is 18.8 Å². The zero-order chi connectivity index (χ0) is 17.6. The van der Waals surface area contributed by atoms with Crippen LogP contribution in [0, 0.1) is 5.92 Å². The highest BCUT2D eigenvalue weighted by molar-refractivity contribution is 7.99. The van der Waals surface area contributed by atoms with E-state index in [2.05, 4.69) is 20.5 Å². The van der Waals surface area contributed by atoms with E-state index < -0.39 is 0 Å². The lowest BCUT2D eigenvalue weighted by molar-refractivity contribution is -0.129. The summed E-state index contributed by atoms with van der Waals surface area (Å²) in [5.41, 5.74) is 1.02. The zero-order valence-electron chi connectivity index (χ0n) is 14.0. The van der Waals surface area contributed by atoms with Crippen molar-refractivity contribution in [3.05, 3.63) is 36.4 Å². The van der Waals surface area contributed by atoms with Crippen LogP contribution < -0.4 is 5.32 Å². The van der Waals surface area contributed by atoms with Gasteiger partial charge in [0.1, 0.15) is 6.33 Å². The van der Waals surface area contributed by atoms with Crippen molar-refractivity contribution < 1.29 is 9.59 Å². The fraction of sp³-hybridized carbons (Fsp3) is 0.438. The molecule has 9 heteroatoms. The normalized spacial score (nSPS) is 17.1. The van der Waals surface area contributed by atoms with Crippen LogP contribution >= 0.6 is 11.8 Å². The van der Waals surface area contributed by atoms with Crippen LogP contribution in [0.5, 0.6) is 0 Å². The van der Waals surface area contributed by atoms with Gasteiger partial charge in [-0.2, -0.15) is 0 Å². The third-order valence-corrected chi connectivity index (χ3v) is 5.05. The van der Waals surface area contributed by atoms with E-state index in [-0.39, 0.29) is 24.2 Å². The first-order valence-corrected chi connectivity index (χ1v) is 9.03. The van der Waals surface area contributed by atoms with Gasteiger partial charge in [0.05, 0.1) is 5.92 Å². The first-order chi connectivity index (χ1) is 12.1. The third kappa shape index (κ3) is 4.56. The molecule has 2 aromatic heterocycles. The van der Waals surface area contributed by atoms with Gasteiger partial charge in [0.2, 0.25) is 11.8 Å². The molecule has 8 nitrogen and oxygen atoms in total. The van der Waals surface area contributed by atoms with Gasteiger partial charge in [-0.05, 0) is 17.7 Å². The molecule has 2 amide bonds. The van der Waals surface area contributed by atoms with Crippen molar-refractivity contribution in [3.63, 3.8) is 0 Å². The second kappa shape index (κ2) is 8.11. The number of thioether (sulfide) groups is 1. The number of pyridine rings is 1. The van der Waals surface area contributed by atoms with Gasteiger partial charge in [-0.25, -0.2) is 0 Å². The molecule has 2 aromatic rings. The van der Waals surface area contributed by atoms with Crippen molar-refractivity contribution in [1.82, 2.24) is 30.0 Å². The number of hydrogen-bond donors (Lipinski definition) is 1. The molecule has 25 heavy (non-hydrogen) atoms. The molecule has 1 atom stereocenters. The number of rotatable bonds is 7. The number of hydrogen-bond acceptors (Lipinski definition) is 6. The minimum absolute atomic E-state index is 0.0189. The van der Waals surface area contributed by atoms with Crippen LogP contribution in [0.3, 0.4) is 0 Å². The van der Waals surface area contributed by atoms with Gasteiger partial charge in [-0.1, -0.05) is 11.8 Å². The van der Waals surface area contributed by atoms with E-state index in [9.17, 15) is 9.59 Å². The number of likely N-dealkylation sites (tertiary alicyclic amines) is 1. The fourth-order valence-corrected chi connectivity index (χ4v) is 3.42. The Morgan fingerprint density at radius 2 is 2.20 bits per heavy atom. The summed E-state index contributed by atoms with van der Waals surface area (Å²) < 4.78 is 1.83. The third-order valence-electron chi connectivity index (χ3n) is 4.01. The molecule has 0 radical (unpaired) electrons. The summed E-state index contributed by atoms with van der Waals surface area (Å²) in [5, 5.41) is 11.5. The number of carbonyl (C=O) groups is 2. The largest absolute Gasteiger partial charge is 0.355 e. The lowest BCUT2D eigenvalue weighted by Crippen LogP contribution is -2.34. The smallest absolute Gasteiger partial charge is 0.225 e. The Morgan fingerprint density at radius 1 is 1.40 bits per heavy atom. The quantitative estimate of drug-likeness (QED) is 0.570. The minimum Gasteiger partial charge on any atom is -0.355 e. The van der Waals surface area contributed by atoms with Crippen LogP contribution in [0.1, 0.15) is 12.0 Å². The van der Waals surface area contributed by atoms with E-state index in [4.69, 9.17) is 0 Å². The fourth-order valence-electron chi connectivity index (χ4n) is 2.67. The molecule has 1 N–H and O–H groups in total. The van der Waals surface area contributed by atoms with Crippen LogP contribution in [0.25, 0.3) is 0 Å². The lowest BCUT2D eigenvalue weighted by atomic mass is 10.1. The molecule has 3 heterocycles. The average molecular weight is 360 g/mol. The number of nitrogens with zero attached hydrogens (tertiary/aromatic N) is 5. The Kier molecular flexibility index (Phi) is 5.64. The van der Waals surface area contributed by atoms with Crippen molar-refractivity contribution in [3.8, 4) is 0 Å². The summed E-state index contributed by atoms with van der Waals surface area (Å²) in [7, 11) is 1.88. The molecule has 0 aliphatic carbocycles. The summed E-state index contributed by atoms with van der Waals surface area (Å²) in [6.07, 6.45) is 5.32. The Morgan fingerprint density at radius 3 is 2.92 bits per heavy atom. The molecule has 0 aromatic carbocycles. The lowest BCUT2D eigenvalue weighted by Gasteiger charge is -2.16. The van der Waals surface area contributed by atoms with Crippen LogP contribution in [0.15, 0.2) is 36.0 Å². The highest BCUT2D eigenvalue weighted by Crippen LogP contribution is 2.20. The van der Waals surface area contributed by atoms with E-state index in [1.807, 2.05) is 23.7 Å². The zero-order valence-corrected chi connectivity index (χ0v) is 14.8. The molecule has 132 valence electrons. The monoisotopic (exact) mass is 360 g/mol. The molecule has 1 aliphatic heterocycles. The van der Waals surface area contributed by atoms with Gasteiger partial charge in [0, 0.05) is 51.2 Å². The van der Waals surface area contributed by atoms with Crippen molar-refractivity contribution in [2.24, 2.45) is 13.0 Å². The molecule has 0 saturated carbocycles. The molecular formula is C16H20N6O2S. The first kappa shape index (κ1) is 17.4. The molecule has 1 aliphatic rings. The number of amides is 2. The predicted octanol–water partition coefficient (Wildman–Crippen LogP) is 0.467.